The van der Waals surface area contributed by atoms with Gasteiger partial charge in [0.1, 0.15) is 0 Å². The number of hydrogen-bond donors (Lipinski definition) is 0. The summed E-state index contributed by atoms with van der Waals surface area (Å²) in [5, 5.41) is 10.3. The minimum absolute atomic E-state index is 0.172. The van der Waals surface area contributed by atoms with Gasteiger partial charge in [-0.1, -0.05) is 47.5 Å². The SMILES string of the molecule is CC(c1ccccc1Cl)N(C)Cc1ccc(C#N)cc1Cl. The maximum absolute atomic E-state index is 8.87. The van der Waals surface area contributed by atoms with Crippen LogP contribution in [-0.2, 0) is 6.54 Å². The van der Waals surface area contributed by atoms with Gasteiger partial charge in [-0.15, -0.1) is 0 Å². The Morgan fingerprint density at radius 2 is 1.86 bits per heavy atom. The van der Waals surface area contributed by atoms with Gasteiger partial charge in [0.15, 0.2) is 0 Å². The fourth-order valence-electron chi connectivity index (χ4n) is 2.20. The Morgan fingerprint density at radius 3 is 2.48 bits per heavy atom. The third-order valence-corrected chi connectivity index (χ3v) is 4.31. The molecule has 1 atom stereocenters. The molecule has 2 nitrogen and oxygen atoms in total. The molecule has 2 aromatic carbocycles. The van der Waals surface area contributed by atoms with Crippen molar-refractivity contribution in [3.8, 4) is 6.07 Å². The molecule has 0 bridgehead atoms. The Bertz CT molecular complexity index is 677. The highest BCUT2D eigenvalue weighted by Crippen LogP contribution is 2.28. The molecule has 0 amide bonds. The van der Waals surface area contributed by atoms with Gasteiger partial charge in [-0.25, -0.2) is 0 Å². The van der Waals surface area contributed by atoms with Gasteiger partial charge in [-0.05, 0) is 43.3 Å². The van der Waals surface area contributed by atoms with Gasteiger partial charge in [0.2, 0.25) is 0 Å². The van der Waals surface area contributed by atoms with Crippen LogP contribution in [0, 0.1) is 11.3 Å². The topological polar surface area (TPSA) is 27.0 Å². The summed E-state index contributed by atoms with van der Waals surface area (Å²) >= 11 is 12.5. The molecule has 1 unspecified atom stereocenters. The quantitative estimate of drug-likeness (QED) is 0.788. The van der Waals surface area contributed by atoms with Crippen molar-refractivity contribution in [3.05, 3.63) is 69.2 Å². The lowest BCUT2D eigenvalue weighted by atomic mass is 10.1. The Labute approximate surface area is 135 Å². The maximum atomic E-state index is 8.87. The smallest absolute Gasteiger partial charge is 0.0992 e. The Balaban J connectivity index is 2.16. The molecule has 0 aliphatic rings. The van der Waals surface area contributed by atoms with E-state index in [4.69, 9.17) is 28.5 Å². The normalized spacial score (nSPS) is 12.2. The van der Waals surface area contributed by atoms with Gasteiger partial charge in [-0.2, -0.15) is 5.26 Å². The molecule has 0 saturated heterocycles. The van der Waals surface area contributed by atoms with E-state index in [1.54, 1.807) is 12.1 Å². The first-order chi connectivity index (χ1) is 10.0. The number of halogens is 2. The van der Waals surface area contributed by atoms with Gasteiger partial charge in [0, 0.05) is 22.6 Å². The Morgan fingerprint density at radius 1 is 1.14 bits per heavy atom. The van der Waals surface area contributed by atoms with Crippen molar-refractivity contribution in [2.75, 3.05) is 7.05 Å². The van der Waals surface area contributed by atoms with Gasteiger partial charge < -0.3 is 0 Å². The summed E-state index contributed by atoms with van der Waals surface area (Å²) in [5.41, 5.74) is 2.66. The molecule has 4 heteroatoms. The van der Waals surface area contributed by atoms with Crippen LogP contribution in [0.5, 0.6) is 0 Å². The molecule has 108 valence electrons. The van der Waals surface area contributed by atoms with Crippen LogP contribution in [0.1, 0.15) is 29.7 Å². The molecule has 0 aliphatic heterocycles. The fraction of sp³-hybridized carbons (Fsp3) is 0.235. The van der Waals surface area contributed by atoms with E-state index in [1.165, 1.54) is 0 Å². The number of rotatable bonds is 4. The molecule has 0 aliphatic carbocycles. The molecule has 21 heavy (non-hydrogen) atoms. The predicted octanol–water partition coefficient (Wildman–Crippen LogP) is 5.06. The van der Waals surface area contributed by atoms with E-state index in [0.717, 1.165) is 16.1 Å². The van der Waals surface area contributed by atoms with E-state index in [-0.39, 0.29) is 6.04 Å². The van der Waals surface area contributed by atoms with Crippen molar-refractivity contribution >= 4 is 23.2 Å². The molecular weight excluding hydrogens is 303 g/mol. The minimum atomic E-state index is 0.172. The highest BCUT2D eigenvalue weighted by molar-refractivity contribution is 6.31. The average Bonchev–Trinajstić information content (AvgIpc) is 2.49. The average molecular weight is 319 g/mol. The third kappa shape index (κ3) is 3.77. The van der Waals surface area contributed by atoms with E-state index in [2.05, 4.69) is 17.9 Å². The Hall–Kier alpha value is -1.53. The minimum Gasteiger partial charge on any atom is -0.295 e. The monoisotopic (exact) mass is 318 g/mol. The van der Waals surface area contributed by atoms with Crippen LogP contribution in [0.4, 0.5) is 0 Å². The number of nitriles is 1. The summed E-state index contributed by atoms with van der Waals surface area (Å²) in [5.74, 6) is 0. The summed E-state index contributed by atoms with van der Waals surface area (Å²) in [7, 11) is 2.03. The van der Waals surface area contributed by atoms with Crippen LogP contribution in [0.2, 0.25) is 10.0 Å². The van der Waals surface area contributed by atoms with E-state index in [9.17, 15) is 0 Å². The van der Waals surface area contributed by atoms with E-state index >= 15 is 0 Å². The standard InChI is InChI=1S/C17H16Cl2N2/c1-12(15-5-3-4-6-16(15)18)21(2)11-14-8-7-13(10-20)9-17(14)19/h3-9,12H,11H2,1-2H3. The second-order valence-electron chi connectivity index (χ2n) is 5.03. The summed E-state index contributed by atoms with van der Waals surface area (Å²) in [6.07, 6.45) is 0. The highest BCUT2D eigenvalue weighted by atomic mass is 35.5. The molecule has 2 aromatic rings. The van der Waals surface area contributed by atoms with Crippen LogP contribution in [0.25, 0.3) is 0 Å². The van der Waals surface area contributed by atoms with Crippen molar-refractivity contribution in [2.45, 2.75) is 19.5 Å². The molecule has 0 fully saturated rings. The first kappa shape index (κ1) is 15.9. The first-order valence-corrected chi connectivity index (χ1v) is 7.41. The van der Waals surface area contributed by atoms with Crippen LogP contribution >= 0.6 is 23.2 Å². The highest BCUT2D eigenvalue weighted by Gasteiger charge is 2.15. The first-order valence-electron chi connectivity index (χ1n) is 6.66. The molecule has 0 saturated carbocycles. The molecule has 0 spiro atoms. The van der Waals surface area contributed by atoms with E-state index < -0.39 is 0 Å². The lowest BCUT2D eigenvalue weighted by Crippen LogP contribution is -2.22. The van der Waals surface area contributed by atoms with Crippen molar-refractivity contribution < 1.29 is 0 Å². The maximum Gasteiger partial charge on any atom is 0.0992 e. The summed E-state index contributed by atoms with van der Waals surface area (Å²) in [6.45, 7) is 2.80. The van der Waals surface area contributed by atoms with Gasteiger partial charge >= 0.3 is 0 Å². The molecule has 2 rings (SSSR count). The predicted molar refractivity (Wildman–Crippen MR) is 87.5 cm³/mol. The summed E-state index contributed by atoms with van der Waals surface area (Å²) in [6, 6.07) is 15.5. The number of hydrogen-bond acceptors (Lipinski definition) is 2. The van der Waals surface area contributed by atoms with Crippen molar-refractivity contribution in [1.29, 1.82) is 5.26 Å². The lowest BCUT2D eigenvalue weighted by Gasteiger charge is -2.26. The molecule has 0 heterocycles. The van der Waals surface area contributed by atoms with Crippen molar-refractivity contribution in [3.63, 3.8) is 0 Å². The second kappa shape index (κ2) is 6.95. The van der Waals surface area contributed by atoms with Gasteiger partial charge in [-0.3, -0.25) is 4.90 Å². The van der Waals surface area contributed by atoms with Crippen molar-refractivity contribution in [2.24, 2.45) is 0 Å². The van der Waals surface area contributed by atoms with E-state index in [0.29, 0.717) is 17.1 Å². The fourth-order valence-corrected chi connectivity index (χ4v) is 2.74. The Kier molecular flexibility index (Phi) is 5.25. The van der Waals surface area contributed by atoms with Gasteiger partial charge in [0.05, 0.1) is 11.6 Å². The zero-order valence-electron chi connectivity index (χ0n) is 12.0. The zero-order chi connectivity index (χ0) is 15.4. The molecule has 0 radical (unpaired) electrons. The van der Waals surface area contributed by atoms with Crippen LogP contribution in [0.3, 0.4) is 0 Å². The molecule has 0 aromatic heterocycles. The number of nitrogens with zero attached hydrogens (tertiary/aromatic N) is 2. The number of benzene rings is 2. The van der Waals surface area contributed by atoms with Crippen LogP contribution < -0.4 is 0 Å². The summed E-state index contributed by atoms with van der Waals surface area (Å²) < 4.78 is 0. The van der Waals surface area contributed by atoms with Gasteiger partial charge in [0.25, 0.3) is 0 Å². The second-order valence-corrected chi connectivity index (χ2v) is 5.84. The van der Waals surface area contributed by atoms with Crippen LogP contribution in [0.15, 0.2) is 42.5 Å². The van der Waals surface area contributed by atoms with Crippen molar-refractivity contribution in [1.82, 2.24) is 4.90 Å². The third-order valence-electron chi connectivity index (χ3n) is 3.62. The largest absolute Gasteiger partial charge is 0.295 e. The van der Waals surface area contributed by atoms with Crippen LogP contribution in [-0.4, -0.2) is 11.9 Å². The molecular formula is C17H16Cl2N2. The molecule has 0 N–H and O–H groups in total. The zero-order valence-corrected chi connectivity index (χ0v) is 13.5. The lowest BCUT2D eigenvalue weighted by molar-refractivity contribution is 0.253. The van der Waals surface area contributed by atoms with E-state index in [1.807, 2.05) is 37.4 Å². The summed E-state index contributed by atoms with van der Waals surface area (Å²) in [4.78, 5) is 2.18.